The number of pyridine rings is 1. The Morgan fingerprint density at radius 3 is 2.70 bits per heavy atom. The summed E-state index contributed by atoms with van der Waals surface area (Å²) in [4.78, 5) is 28.4. The van der Waals surface area contributed by atoms with Crippen LogP contribution in [0.2, 0.25) is 5.02 Å². The monoisotopic (exact) mass is 388 g/mol. The average Bonchev–Trinajstić information content (AvgIpc) is 2.60. The molecule has 5 nitrogen and oxygen atoms in total. The zero-order valence-electron chi connectivity index (χ0n) is 14.5. The first-order chi connectivity index (χ1) is 12.9. The number of rotatable bonds is 7. The van der Waals surface area contributed by atoms with Crippen molar-refractivity contribution in [1.82, 2.24) is 10.3 Å². The lowest BCUT2D eigenvalue weighted by Gasteiger charge is -2.70. The van der Waals surface area contributed by atoms with E-state index in [0.29, 0.717) is 12.0 Å². The minimum Gasteiger partial charge on any atom is -0.486 e. The van der Waals surface area contributed by atoms with Gasteiger partial charge in [-0.05, 0) is 48.9 Å². The second-order valence-corrected chi connectivity index (χ2v) is 7.99. The molecule has 2 aromatic rings. The van der Waals surface area contributed by atoms with Gasteiger partial charge in [0.05, 0.1) is 10.6 Å². The molecule has 0 radical (unpaired) electrons. The van der Waals surface area contributed by atoms with Crippen LogP contribution in [0.15, 0.2) is 42.7 Å². The van der Waals surface area contributed by atoms with Gasteiger partial charge in [-0.25, -0.2) is 4.39 Å². The first-order valence-electron chi connectivity index (χ1n) is 8.71. The van der Waals surface area contributed by atoms with Gasteiger partial charge in [-0.15, -0.1) is 0 Å². The van der Waals surface area contributed by atoms with Crippen molar-refractivity contribution >= 4 is 23.3 Å². The number of Topliss-reactive ketones (excluding diaryl/α,β-unsaturated/α-hetero) is 1. The highest BCUT2D eigenvalue weighted by Gasteiger charge is 2.68. The molecule has 1 aromatic carbocycles. The van der Waals surface area contributed by atoms with E-state index in [1.807, 2.05) is 0 Å². The van der Waals surface area contributed by atoms with Crippen molar-refractivity contribution in [3.63, 3.8) is 0 Å². The van der Waals surface area contributed by atoms with Crippen molar-refractivity contribution in [3.05, 3.63) is 59.1 Å². The summed E-state index contributed by atoms with van der Waals surface area (Å²) >= 11 is 5.62. The van der Waals surface area contributed by atoms with Gasteiger partial charge in [0, 0.05) is 30.4 Å². The largest absolute Gasteiger partial charge is 0.486 e. The SMILES string of the molecule is O=C(COc1ccc(Cl)c(F)c1)CC12CC(NC(=O)c3cccnc3)(C1)C2. The molecule has 0 spiro atoms. The number of nitrogens with zero attached hydrogens (tertiary/aromatic N) is 1. The second-order valence-electron chi connectivity index (χ2n) is 7.59. The van der Waals surface area contributed by atoms with Crippen molar-refractivity contribution in [2.75, 3.05) is 6.61 Å². The molecule has 5 rings (SSSR count). The number of halogens is 2. The minimum absolute atomic E-state index is 0.0150. The highest BCUT2D eigenvalue weighted by molar-refractivity contribution is 6.30. The highest BCUT2D eigenvalue weighted by atomic mass is 35.5. The molecule has 3 saturated carbocycles. The van der Waals surface area contributed by atoms with Crippen LogP contribution < -0.4 is 10.1 Å². The standard InChI is InChI=1S/C20H18ClFN2O3/c21-16-4-3-15(6-17(16)22)27-9-14(25)7-19-10-20(11-19,12-19)24-18(26)13-2-1-5-23-8-13/h1-6,8H,7,9-12H2,(H,24,26). The Kier molecular flexibility index (Phi) is 4.38. The maximum Gasteiger partial charge on any atom is 0.253 e. The van der Waals surface area contributed by atoms with Crippen molar-refractivity contribution < 1.29 is 18.7 Å². The lowest BCUT2D eigenvalue weighted by Crippen LogP contribution is -2.75. The summed E-state index contributed by atoms with van der Waals surface area (Å²) in [5, 5.41) is 3.08. The van der Waals surface area contributed by atoms with E-state index in [2.05, 4.69) is 10.3 Å². The summed E-state index contributed by atoms with van der Waals surface area (Å²) in [6, 6.07) is 7.54. The fourth-order valence-electron chi connectivity index (χ4n) is 4.33. The molecule has 3 aliphatic rings. The Bertz CT molecular complexity index is 884. The highest BCUT2D eigenvalue weighted by Crippen LogP contribution is 2.69. The van der Waals surface area contributed by atoms with E-state index in [1.165, 1.54) is 24.4 Å². The van der Waals surface area contributed by atoms with Gasteiger partial charge in [-0.2, -0.15) is 0 Å². The van der Waals surface area contributed by atoms with E-state index in [9.17, 15) is 14.0 Å². The molecule has 0 atom stereocenters. The quantitative estimate of drug-likeness (QED) is 0.787. The fourth-order valence-corrected chi connectivity index (χ4v) is 4.45. The molecule has 1 aromatic heterocycles. The maximum absolute atomic E-state index is 13.4. The molecule has 3 fully saturated rings. The first kappa shape index (κ1) is 17.9. The van der Waals surface area contributed by atoms with Crippen LogP contribution in [0.5, 0.6) is 5.75 Å². The Labute approximate surface area is 160 Å². The van der Waals surface area contributed by atoms with Crippen LogP contribution in [-0.4, -0.2) is 28.8 Å². The number of ether oxygens (including phenoxy) is 1. The fraction of sp³-hybridized carbons (Fsp3) is 0.350. The third-order valence-electron chi connectivity index (χ3n) is 5.31. The second kappa shape index (κ2) is 6.60. The van der Waals surface area contributed by atoms with Gasteiger partial charge in [-0.1, -0.05) is 11.6 Å². The number of aromatic nitrogens is 1. The minimum atomic E-state index is -0.577. The normalized spacial score (nSPS) is 25.1. The number of carbonyl (C=O) groups excluding carboxylic acids is 2. The predicted molar refractivity (Wildman–Crippen MR) is 97.2 cm³/mol. The molecule has 2 bridgehead atoms. The van der Waals surface area contributed by atoms with Gasteiger partial charge in [0.1, 0.15) is 18.2 Å². The average molecular weight is 389 g/mol. The summed E-state index contributed by atoms with van der Waals surface area (Å²) in [6.07, 6.45) is 5.97. The topological polar surface area (TPSA) is 68.3 Å². The van der Waals surface area contributed by atoms with E-state index in [4.69, 9.17) is 16.3 Å². The Morgan fingerprint density at radius 1 is 1.26 bits per heavy atom. The zero-order chi connectivity index (χ0) is 19.1. The van der Waals surface area contributed by atoms with Crippen LogP contribution in [0.4, 0.5) is 4.39 Å². The van der Waals surface area contributed by atoms with E-state index in [-0.39, 0.29) is 40.0 Å². The summed E-state index contributed by atoms with van der Waals surface area (Å²) in [6.45, 7) is -0.0993. The summed E-state index contributed by atoms with van der Waals surface area (Å²) in [5.41, 5.74) is 0.317. The molecule has 0 saturated heterocycles. The predicted octanol–water partition coefficient (Wildman–Crippen LogP) is 3.56. The maximum atomic E-state index is 13.4. The Balaban J connectivity index is 1.24. The molecule has 140 valence electrons. The molecule has 7 heteroatoms. The lowest BCUT2D eigenvalue weighted by atomic mass is 9.38. The number of nitrogens with one attached hydrogen (secondary N) is 1. The Morgan fingerprint density at radius 2 is 2.04 bits per heavy atom. The molecule has 0 aliphatic heterocycles. The molecule has 1 N–H and O–H groups in total. The zero-order valence-corrected chi connectivity index (χ0v) is 15.3. The molecule has 0 unspecified atom stereocenters. The number of hydrogen-bond acceptors (Lipinski definition) is 4. The van der Waals surface area contributed by atoms with Crippen LogP contribution in [-0.2, 0) is 4.79 Å². The number of hydrogen-bond donors (Lipinski definition) is 1. The van der Waals surface area contributed by atoms with Crippen LogP contribution in [0.3, 0.4) is 0 Å². The third-order valence-corrected chi connectivity index (χ3v) is 5.61. The summed E-state index contributed by atoms with van der Waals surface area (Å²) < 4.78 is 18.7. The van der Waals surface area contributed by atoms with Gasteiger partial charge < -0.3 is 10.1 Å². The van der Waals surface area contributed by atoms with E-state index in [1.54, 1.807) is 18.3 Å². The van der Waals surface area contributed by atoms with Crippen molar-refractivity contribution in [3.8, 4) is 5.75 Å². The molecule has 1 heterocycles. The van der Waals surface area contributed by atoms with Gasteiger partial charge in [0.2, 0.25) is 0 Å². The van der Waals surface area contributed by atoms with E-state index < -0.39 is 5.82 Å². The van der Waals surface area contributed by atoms with Crippen LogP contribution in [0.1, 0.15) is 36.0 Å². The molecular weight excluding hydrogens is 371 g/mol. The van der Waals surface area contributed by atoms with Gasteiger partial charge >= 0.3 is 0 Å². The van der Waals surface area contributed by atoms with Crippen molar-refractivity contribution in [2.24, 2.45) is 5.41 Å². The number of carbonyl (C=O) groups is 2. The van der Waals surface area contributed by atoms with Crippen molar-refractivity contribution in [1.29, 1.82) is 0 Å². The van der Waals surface area contributed by atoms with Gasteiger partial charge in [0.25, 0.3) is 5.91 Å². The van der Waals surface area contributed by atoms with Gasteiger partial charge in [0.15, 0.2) is 5.78 Å². The molecule has 27 heavy (non-hydrogen) atoms. The number of ketones is 1. The van der Waals surface area contributed by atoms with Gasteiger partial charge in [-0.3, -0.25) is 14.6 Å². The first-order valence-corrected chi connectivity index (χ1v) is 9.09. The van der Waals surface area contributed by atoms with Crippen LogP contribution in [0.25, 0.3) is 0 Å². The lowest BCUT2D eigenvalue weighted by molar-refractivity contribution is -0.162. The Hall–Kier alpha value is -2.47. The van der Waals surface area contributed by atoms with Crippen LogP contribution in [0, 0.1) is 11.2 Å². The smallest absolute Gasteiger partial charge is 0.253 e. The molecular formula is C20H18ClFN2O3. The summed E-state index contributed by atoms with van der Waals surface area (Å²) in [7, 11) is 0. The molecule has 3 aliphatic carbocycles. The summed E-state index contributed by atoms with van der Waals surface area (Å²) in [5.74, 6) is -0.455. The third kappa shape index (κ3) is 3.54. The van der Waals surface area contributed by atoms with Crippen LogP contribution >= 0.6 is 11.6 Å². The van der Waals surface area contributed by atoms with Crippen molar-refractivity contribution in [2.45, 2.75) is 31.2 Å². The van der Waals surface area contributed by atoms with E-state index >= 15 is 0 Å². The van der Waals surface area contributed by atoms with E-state index in [0.717, 1.165) is 19.3 Å². The number of benzene rings is 1. The number of amides is 1. The molecule has 1 amide bonds.